The van der Waals surface area contributed by atoms with Crippen molar-refractivity contribution in [3.63, 3.8) is 0 Å². The summed E-state index contributed by atoms with van der Waals surface area (Å²) in [6.07, 6.45) is 1.66. The Morgan fingerprint density at radius 3 is 2.71 bits per heavy atom. The van der Waals surface area contributed by atoms with Gasteiger partial charge in [-0.25, -0.2) is 4.79 Å². The summed E-state index contributed by atoms with van der Waals surface area (Å²) in [6.45, 7) is 6.38. The van der Waals surface area contributed by atoms with Crippen molar-refractivity contribution in [3.05, 3.63) is 24.3 Å². The quantitative estimate of drug-likeness (QED) is 0.906. The number of hydrogen-bond acceptors (Lipinski definition) is 4. The van der Waals surface area contributed by atoms with Gasteiger partial charge in [0.2, 0.25) is 0 Å². The normalized spacial score (nSPS) is 15.6. The average molecular weight is 292 g/mol. The van der Waals surface area contributed by atoms with Gasteiger partial charge >= 0.3 is 6.09 Å². The van der Waals surface area contributed by atoms with Crippen LogP contribution in [-0.4, -0.2) is 43.3 Å². The van der Waals surface area contributed by atoms with Crippen LogP contribution in [0.4, 0.5) is 10.5 Å². The molecule has 1 N–H and O–H groups in total. The lowest BCUT2D eigenvalue weighted by atomic mass is 10.1. The van der Waals surface area contributed by atoms with Gasteiger partial charge < -0.3 is 19.7 Å². The minimum Gasteiger partial charge on any atom is -0.494 e. The van der Waals surface area contributed by atoms with Crippen molar-refractivity contribution in [1.82, 2.24) is 4.90 Å². The third-order valence-electron chi connectivity index (χ3n) is 3.54. The van der Waals surface area contributed by atoms with E-state index in [0.29, 0.717) is 19.3 Å². The molecule has 116 valence electrons. The van der Waals surface area contributed by atoms with Crippen molar-refractivity contribution in [3.8, 4) is 5.75 Å². The smallest absolute Gasteiger partial charge is 0.409 e. The second-order valence-electron chi connectivity index (χ2n) is 5.07. The number of hydrogen-bond donors (Lipinski definition) is 1. The Morgan fingerprint density at radius 1 is 1.29 bits per heavy atom. The monoisotopic (exact) mass is 292 g/mol. The fraction of sp³-hybridized carbons (Fsp3) is 0.562. The first-order valence-corrected chi connectivity index (χ1v) is 7.64. The van der Waals surface area contributed by atoms with Gasteiger partial charge in [0.1, 0.15) is 5.75 Å². The number of likely N-dealkylation sites (tertiary alicyclic amines) is 1. The number of benzene rings is 1. The zero-order valence-corrected chi connectivity index (χ0v) is 12.8. The summed E-state index contributed by atoms with van der Waals surface area (Å²) >= 11 is 0. The molecule has 1 aromatic carbocycles. The summed E-state index contributed by atoms with van der Waals surface area (Å²) in [6, 6.07) is 8.38. The molecule has 5 nitrogen and oxygen atoms in total. The Balaban J connectivity index is 1.83. The molecule has 2 rings (SSSR count). The molecule has 1 amide bonds. The molecule has 0 atom stereocenters. The van der Waals surface area contributed by atoms with Gasteiger partial charge in [-0.15, -0.1) is 0 Å². The molecular formula is C16H24N2O3. The number of ether oxygens (including phenoxy) is 2. The number of carbonyl (C=O) groups is 1. The largest absolute Gasteiger partial charge is 0.494 e. The van der Waals surface area contributed by atoms with E-state index < -0.39 is 0 Å². The summed E-state index contributed by atoms with van der Waals surface area (Å²) in [5.41, 5.74) is 1.07. The number of rotatable bonds is 5. The molecule has 0 aliphatic carbocycles. The van der Waals surface area contributed by atoms with Gasteiger partial charge in [0, 0.05) is 30.9 Å². The highest BCUT2D eigenvalue weighted by Crippen LogP contribution is 2.21. The van der Waals surface area contributed by atoms with E-state index in [1.165, 1.54) is 0 Å². The fourth-order valence-electron chi connectivity index (χ4n) is 2.50. The molecule has 1 aromatic rings. The predicted octanol–water partition coefficient (Wildman–Crippen LogP) is 3.12. The molecule has 1 aliphatic heterocycles. The molecule has 0 spiro atoms. The molecular weight excluding hydrogens is 268 g/mol. The maximum atomic E-state index is 11.6. The fourth-order valence-corrected chi connectivity index (χ4v) is 2.50. The number of nitrogens with one attached hydrogen (secondary N) is 1. The Labute approximate surface area is 126 Å². The minimum atomic E-state index is -0.200. The molecule has 1 saturated heterocycles. The van der Waals surface area contributed by atoms with Gasteiger partial charge in [0.05, 0.1) is 13.2 Å². The Morgan fingerprint density at radius 2 is 2.05 bits per heavy atom. The first-order valence-electron chi connectivity index (χ1n) is 7.64. The highest BCUT2D eigenvalue weighted by atomic mass is 16.6. The van der Waals surface area contributed by atoms with Crippen LogP contribution in [0.5, 0.6) is 5.75 Å². The SMILES string of the molecule is CCOC(=O)N1CCC(Nc2cccc(OCC)c2)CC1. The highest BCUT2D eigenvalue weighted by molar-refractivity contribution is 5.67. The Kier molecular flexibility index (Phi) is 5.72. The Bertz CT molecular complexity index is 457. The maximum Gasteiger partial charge on any atom is 0.409 e. The lowest BCUT2D eigenvalue weighted by Gasteiger charge is -2.32. The Hall–Kier alpha value is -1.91. The second-order valence-corrected chi connectivity index (χ2v) is 5.07. The highest BCUT2D eigenvalue weighted by Gasteiger charge is 2.23. The number of carbonyl (C=O) groups excluding carboxylic acids is 1. The third kappa shape index (κ3) is 4.55. The lowest BCUT2D eigenvalue weighted by molar-refractivity contribution is 0.0983. The summed E-state index contributed by atoms with van der Waals surface area (Å²) in [7, 11) is 0. The molecule has 1 heterocycles. The molecule has 0 bridgehead atoms. The molecule has 0 radical (unpaired) electrons. The van der Waals surface area contributed by atoms with Crippen LogP contribution in [0.3, 0.4) is 0 Å². The molecule has 1 fully saturated rings. The molecule has 0 aromatic heterocycles. The average Bonchev–Trinajstić information content (AvgIpc) is 2.49. The molecule has 0 unspecified atom stereocenters. The molecule has 1 aliphatic rings. The van der Waals surface area contributed by atoms with Crippen LogP contribution in [0.2, 0.25) is 0 Å². The van der Waals surface area contributed by atoms with E-state index in [4.69, 9.17) is 9.47 Å². The van der Waals surface area contributed by atoms with E-state index in [1.54, 1.807) is 4.90 Å². The summed E-state index contributed by atoms with van der Waals surface area (Å²) < 4.78 is 10.5. The van der Waals surface area contributed by atoms with Gasteiger partial charge in [0.15, 0.2) is 0 Å². The number of amides is 1. The summed E-state index contributed by atoms with van der Waals surface area (Å²) in [5, 5.41) is 3.51. The number of piperidine rings is 1. The van der Waals surface area contributed by atoms with Crippen molar-refractivity contribution in [2.24, 2.45) is 0 Å². The van der Waals surface area contributed by atoms with Crippen LogP contribution >= 0.6 is 0 Å². The number of anilines is 1. The molecule has 21 heavy (non-hydrogen) atoms. The summed E-state index contributed by atoms with van der Waals surface area (Å²) in [5.74, 6) is 0.881. The second kappa shape index (κ2) is 7.76. The van der Waals surface area contributed by atoms with Gasteiger partial charge in [-0.05, 0) is 38.8 Å². The van der Waals surface area contributed by atoms with Crippen molar-refractivity contribution >= 4 is 11.8 Å². The van der Waals surface area contributed by atoms with E-state index in [0.717, 1.165) is 37.4 Å². The first kappa shape index (κ1) is 15.5. The van der Waals surface area contributed by atoms with E-state index >= 15 is 0 Å². The van der Waals surface area contributed by atoms with Gasteiger partial charge in [-0.3, -0.25) is 0 Å². The van der Waals surface area contributed by atoms with Crippen molar-refractivity contribution in [2.75, 3.05) is 31.6 Å². The van der Waals surface area contributed by atoms with E-state index in [9.17, 15) is 4.79 Å². The minimum absolute atomic E-state index is 0.200. The van der Waals surface area contributed by atoms with Crippen molar-refractivity contribution in [1.29, 1.82) is 0 Å². The van der Waals surface area contributed by atoms with Crippen LogP contribution in [-0.2, 0) is 4.74 Å². The third-order valence-corrected chi connectivity index (χ3v) is 3.54. The van der Waals surface area contributed by atoms with Crippen molar-refractivity contribution in [2.45, 2.75) is 32.7 Å². The zero-order valence-electron chi connectivity index (χ0n) is 12.8. The maximum absolute atomic E-state index is 11.6. The van der Waals surface area contributed by atoms with E-state index in [1.807, 2.05) is 38.1 Å². The standard InChI is InChI=1S/C16H24N2O3/c1-3-20-15-7-5-6-14(12-15)17-13-8-10-18(11-9-13)16(19)21-4-2/h5-7,12-13,17H,3-4,8-11H2,1-2H3. The van der Waals surface area contributed by atoms with Crippen LogP contribution in [0.15, 0.2) is 24.3 Å². The van der Waals surface area contributed by atoms with Crippen LogP contribution in [0.1, 0.15) is 26.7 Å². The number of nitrogens with zero attached hydrogens (tertiary/aromatic N) is 1. The topological polar surface area (TPSA) is 50.8 Å². The van der Waals surface area contributed by atoms with Crippen LogP contribution in [0, 0.1) is 0 Å². The predicted molar refractivity (Wildman–Crippen MR) is 82.9 cm³/mol. The van der Waals surface area contributed by atoms with Crippen molar-refractivity contribution < 1.29 is 14.3 Å². The molecule has 0 saturated carbocycles. The van der Waals surface area contributed by atoms with Crippen LogP contribution in [0.25, 0.3) is 0 Å². The van der Waals surface area contributed by atoms with Gasteiger partial charge in [0.25, 0.3) is 0 Å². The zero-order chi connectivity index (χ0) is 15.1. The summed E-state index contributed by atoms with van der Waals surface area (Å²) in [4.78, 5) is 13.4. The first-order chi connectivity index (χ1) is 10.2. The van der Waals surface area contributed by atoms with E-state index in [-0.39, 0.29) is 6.09 Å². The van der Waals surface area contributed by atoms with E-state index in [2.05, 4.69) is 5.32 Å². The van der Waals surface area contributed by atoms with Gasteiger partial charge in [-0.2, -0.15) is 0 Å². The molecule has 5 heteroatoms. The lowest BCUT2D eigenvalue weighted by Crippen LogP contribution is -2.42. The van der Waals surface area contributed by atoms with Crippen LogP contribution < -0.4 is 10.1 Å². The van der Waals surface area contributed by atoms with Gasteiger partial charge in [-0.1, -0.05) is 6.07 Å².